The molecule has 1 aliphatic rings. The Morgan fingerprint density at radius 1 is 1.62 bits per heavy atom. The highest BCUT2D eigenvalue weighted by Crippen LogP contribution is 2.23. The highest BCUT2D eigenvalue weighted by Gasteiger charge is 2.27. The van der Waals surface area contributed by atoms with E-state index in [4.69, 9.17) is 0 Å². The smallest absolute Gasteiger partial charge is 0.350 e. The summed E-state index contributed by atoms with van der Waals surface area (Å²) in [5.41, 5.74) is 0.489. The number of likely N-dealkylation sites (tertiary alicyclic amines) is 1. The summed E-state index contributed by atoms with van der Waals surface area (Å²) in [6.45, 7) is 3.57. The van der Waals surface area contributed by atoms with Gasteiger partial charge in [0.2, 0.25) is 5.91 Å². The lowest BCUT2D eigenvalue weighted by Gasteiger charge is -2.16. The molecule has 0 aromatic carbocycles. The lowest BCUT2D eigenvalue weighted by atomic mass is 10.0. The van der Waals surface area contributed by atoms with Crippen LogP contribution in [0.4, 0.5) is 5.69 Å². The molecule has 2 N–H and O–H groups in total. The topological polar surface area (TPSA) is 78.9 Å². The van der Waals surface area contributed by atoms with Crippen LogP contribution in [0.3, 0.4) is 0 Å². The van der Waals surface area contributed by atoms with Crippen LogP contribution in [0.15, 0.2) is 11.4 Å². The van der Waals surface area contributed by atoms with Crippen molar-refractivity contribution in [2.75, 3.05) is 32.1 Å². The third kappa shape index (κ3) is 4.03. The number of nitrogens with zero attached hydrogens (tertiary/aromatic N) is 1. The van der Waals surface area contributed by atoms with Crippen molar-refractivity contribution in [3.8, 4) is 0 Å². The molecule has 116 valence electrons. The molecule has 7 heteroatoms. The Balaban J connectivity index is 1.88. The second kappa shape index (κ2) is 7.02. The van der Waals surface area contributed by atoms with Crippen molar-refractivity contribution < 1.29 is 19.4 Å². The van der Waals surface area contributed by atoms with Gasteiger partial charge in [0.05, 0.1) is 25.4 Å². The molecule has 0 spiro atoms. The highest BCUT2D eigenvalue weighted by molar-refractivity contribution is 7.12. The predicted molar refractivity (Wildman–Crippen MR) is 80.5 cm³/mol. The van der Waals surface area contributed by atoms with Crippen LogP contribution in [0.5, 0.6) is 0 Å². The second-order valence-corrected chi connectivity index (χ2v) is 6.14. The van der Waals surface area contributed by atoms with Crippen LogP contribution in [-0.4, -0.2) is 54.7 Å². The van der Waals surface area contributed by atoms with Crippen molar-refractivity contribution in [3.05, 3.63) is 16.3 Å². The first-order valence-corrected chi connectivity index (χ1v) is 7.75. The number of methoxy groups -OCH3 is 1. The van der Waals surface area contributed by atoms with Crippen LogP contribution in [0, 0.1) is 5.92 Å². The fraction of sp³-hybridized carbons (Fsp3) is 0.571. The number of rotatable bonds is 5. The average Bonchev–Trinajstić information content (AvgIpc) is 3.07. The number of carbonyl (C=O) groups excluding carboxylic acids is 2. The van der Waals surface area contributed by atoms with Crippen LogP contribution in [-0.2, 0) is 9.53 Å². The van der Waals surface area contributed by atoms with Gasteiger partial charge in [-0.05, 0) is 37.3 Å². The van der Waals surface area contributed by atoms with E-state index >= 15 is 0 Å². The first-order valence-electron chi connectivity index (χ1n) is 6.87. The Labute approximate surface area is 127 Å². The number of anilines is 1. The number of thiophene rings is 1. The fourth-order valence-electron chi connectivity index (χ4n) is 2.45. The second-order valence-electron chi connectivity index (χ2n) is 5.23. The largest absolute Gasteiger partial charge is 0.465 e. The highest BCUT2D eigenvalue weighted by atomic mass is 32.1. The molecule has 6 nitrogen and oxygen atoms in total. The Morgan fingerprint density at radius 3 is 3.00 bits per heavy atom. The monoisotopic (exact) mass is 312 g/mol. The van der Waals surface area contributed by atoms with Crippen molar-refractivity contribution in [1.29, 1.82) is 0 Å². The van der Waals surface area contributed by atoms with Crippen molar-refractivity contribution in [1.82, 2.24) is 4.90 Å². The molecule has 0 saturated carbocycles. The minimum absolute atomic E-state index is 0.162. The van der Waals surface area contributed by atoms with Gasteiger partial charge in [-0.15, -0.1) is 11.3 Å². The molecule has 1 aromatic rings. The molecular weight excluding hydrogens is 292 g/mol. The summed E-state index contributed by atoms with van der Waals surface area (Å²) in [5.74, 6) is -0.384. The van der Waals surface area contributed by atoms with Crippen molar-refractivity contribution in [2.24, 2.45) is 5.92 Å². The molecule has 1 fully saturated rings. The summed E-state index contributed by atoms with van der Waals surface area (Å²) in [5, 5.41) is 14.0. The predicted octanol–water partition coefficient (Wildman–Crippen LogP) is 1.18. The number of esters is 1. The number of carbonyl (C=O) groups is 2. The number of aliphatic hydroxyl groups is 1. The standard InChI is InChI=1S/C14H20N2O4S/c1-9(17)10-3-5-16(7-10)8-12(18)15-11-4-6-21-13(11)14(19)20-2/h4,6,9-10,17H,3,5,7-8H2,1-2H3,(H,15,18). The molecule has 21 heavy (non-hydrogen) atoms. The molecule has 2 unspecified atom stereocenters. The van der Waals surface area contributed by atoms with Gasteiger partial charge in [-0.25, -0.2) is 4.79 Å². The van der Waals surface area contributed by atoms with E-state index in [1.807, 2.05) is 4.90 Å². The number of aliphatic hydroxyl groups excluding tert-OH is 1. The minimum Gasteiger partial charge on any atom is -0.465 e. The third-order valence-electron chi connectivity index (χ3n) is 3.67. The third-order valence-corrected chi connectivity index (χ3v) is 4.56. The number of ether oxygens (including phenoxy) is 1. The molecule has 0 aliphatic carbocycles. The van der Waals surface area contributed by atoms with Gasteiger partial charge in [0.25, 0.3) is 0 Å². The molecule has 1 saturated heterocycles. The number of nitrogens with one attached hydrogen (secondary N) is 1. The minimum atomic E-state index is -0.448. The number of hydrogen-bond donors (Lipinski definition) is 2. The van der Waals surface area contributed by atoms with Crippen LogP contribution in [0.1, 0.15) is 23.0 Å². The summed E-state index contributed by atoms with van der Waals surface area (Å²) < 4.78 is 4.67. The van der Waals surface area contributed by atoms with Crippen molar-refractivity contribution in [2.45, 2.75) is 19.4 Å². The summed E-state index contributed by atoms with van der Waals surface area (Å²) in [4.78, 5) is 26.0. The van der Waals surface area contributed by atoms with Gasteiger partial charge in [-0.2, -0.15) is 0 Å². The van der Waals surface area contributed by atoms with E-state index in [9.17, 15) is 14.7 Å². The molecule has 0 bridgehead atoms. The lowest BCUT2D eigenvalue weighted by molar-refractivity contribution is -0.117. The van der Waals surface area contributed by atoms with E-state index < -0.39 is 5.97 Å². The summed E-state index contributed by atoms with van der Waals surface area (Å²) >= 11 is 1.24. The van der Waals surface area contributed by atoms with Gasteiger partial charge in [-0.1, -0.05) is 0 Å². The van der Waals surface area contributed by atoms with E-state index in [0.717, 1.165) is 19.5 Å². The lowest BCUT2D eigenvalue weighted by Crippen LogP contribution is -2.32. The van der Waals surface area contributed by atoms with Gasteiger partial charge >= 0.3 is 5.97 Å². The number of hydrogen-bond acceptors (Lipinski definition) is 6. The van der Waals surface area contributed by atoms with Crippen LogP contribution in [0.2, 0.25) is 0 Å². The zero-order valence-corrected chi connectivity index (χ0v) is 13.0. The quantitative estimate of drug-likeness (QED) is 0.798. The van der Waals surface area contributed by atoms with Gasteiger partial charge in [0.15, 0.2) is 0 Å². The van der Waals surface area contributed by atoms with E-state index in [1.54, 1.807) is 18.4 Å². The fourth-order valence-corrected chi connectivity index (χ4v) is 3.22. The van der Waals surface area contributed by atoms with E-state index in [2.05, 4.69) is 10.1 Å². The molecular formula is C14H20N2O4S. The summed E-state index contributed by atoms with van der Waals surface area (Å²) in [6.07, 6.45) is 0.553. The maximum Gasteiger partial charge on any atom is 0.350 e. The molecule has 2 rings (SSSR count). The van der Waals surface area contributed by atoms with Crippen molar-refractivity contribution >= 4 is 28.9 Å². The first-order chi connectivity index (χ1) is 10.0. The first kappa shape index (κ1) is 15.9. The maximum absolute atomic E-state index is 12.0. The van der Waals surface area contributed by atoms with Gasteiger partial charge in [0, 0.05) is 6.54 Å². The zero-order valence-electron chi connectivity index (χ0n) is 12.2. The molecule has 1 aliphatic heterocycles. The molecule has 2 atom stereocenters. The molecule has 1 aromatic heterocycles. The van der Waals surface area contributed by atoms with Gasteiger partial charge in [-0.3, -0.25) is 9.69 Å². The Kier molecular flexibility index (Phi) is 5.33. The van der Waals surface area contributed by atoms with Crippen LogP contribution in [0.25, 0.3) is 0 Å². The molecule has 0 radical (unpaired) electrons. The van der Waals surface area contributed by atoms with Gasteiger partial charge < -0.3 is 15.2 Å². The Bertz CT molecular complexity index is 515. The Morgan fingerprint density at radius 2 is 2.38 bits per heavy atom. The molecule has 2 heterocycles. The van der Waals surface area contributed by atoms with Gasteiger partial charge in [0.1, 0.15) is 4.88 Å². The molecule has 1 amide bonds. The Hall–Kier alpha value is -1.44. The van der Waals surface area contributed by atoms with E-state index in [1.165, 1.54) is 18.4 Å². The number of amides is 1. The van der Waals surface area contributed by atoms with Crippen molar-refractivity contribution in [3.63, 3.8) is 0 Å². The van der Waals surface area contributed by atoms with Crippen LogP contribution < -0.4 is 5.32 Å². The summed E-state index contributed by atoms with van der Waals surface area (Å²) in [6, 6.07) is 1.69. The van der Waals surface area contributed by atoms with E-state index in [0.29, 0.717) is 10.6 Å². The zero-order chi connectivity index (χ0) is 15.4. The van der Waals surface area contributed by atoms with Crippen LogP contribution >= 0.6 is 11.3 Å². The maximum atomic E-state index is 12.0. The normalized spacial score (nSPS) is 20.2. The summed E-state index contributed by atoms with van der Waals surface area (Å²) in [7, 11) is 1.31. The average molecular weight is 312 g/mol. The SMILES string of the molecule is COC(=O)c1sccc1NC(=O)CN1CCC(C(C)O)C1. The van der Waals surface area contributed by atoms with E-state index in [-0.39, 0.29) is 24.5 Å².